The van der Waals surface area contributed by atoms with Crippen LogP contribution in [0, 0.1) is 0 Å². The minimum atomic E-state index is -0.240. The van der Waals surface area contributed by atoms with E-state index in [0.29, 0.717) is 21.4 Å². The van der Waals surface area contributed by atoms with Crippen molar-refractivity contribution in [3.8, 4) is 17.2 Å². The fourth-order valence-corrected chi connectivity index (χ4v) is 4.58. The molecule has 3 aromatic rings. The summed E-state index contributed by atoms with van der Waals surface area (Å²) in [4.78, 5) is 15.3. The van der Waals surface area contributed by atoms with E-state index < -0.39 is 0 Å². The van der Waals surface area contributed by atoms with Gasteiger partial charge in [-0.05, 0) is 64.2 Å². The van der Waals surface area contributed by atoms with Gasteiger partial charge in [-0.1, -0.05) is 45.0 Å². The Hall–Kier alpha value is -3.98. The maximum atomic E-state index is 13.3. The Balaban J connectivity index is 1.63. The minimum Gasteiger partial charge on any atom is -0.502 e. The lowest BCUT2D eigenvalue weighted by atomic mass is 9.87. The van der Waals surface area contributed by atoms with Crippen molar-refractivity contribution in [2.45, 2.75) is 32.7 Å². The molecule has 0 spiro atoms. The van der Waals surface area contributed by atoms with Crippen LogP contribution in [-0.2, 0) is 16.8 Å². The normalized spacial score (nSPS) is 16.4. The number of carbonyl (C=O) groups excluding carboxylic acids is 1. The number of ether oxygens (including phenoxy) is 2. The van der Waals surface area contributed by atoms with E-state index in [1.807, 2.05) is 12.1 Å². The van der Waals surface area contributed by atoms with Crippen molar-refractivity contribution in [3.05, 3.63) is 82.1 Å². The first-order chi connectivity index (χ1) is 17.7. The Morgan fingerprint density at radius 3 is 2.30 bits per heavy atom. The molecule has 1 fully saturated rings. The van der Waals surface area contributed by atoms with Gasteiger partial charge < -0.3 is 19.0 Å². The zero-order chi connectivity index (χ0) is 26.6. The SMILES string of the molecule is COc1cc(/C=C2\S/C(=N/N=C\c3ccc(C(C)(C)C)cc3)N(Cc3ccco3)C2=O)cc(OC)c1O. The molecule has 1 saturated heterocycles. The molecule has 0 radical (unpaired) electrons. The van der Waals surface area contributed by atoms with Crippen LogP contribution in [-0.4, -0.2) is 41.5 Å². The largest absolute Gasteiger partial charge is 0.502 e. The molecule has 4 rings (SSSR count). The van der Waals surface area contributed by atoms with Crippen molar-refractivity contribution in [2.75, 3.05) is 14.2 Å². The third kappa shape index (κ3) is 6.06. The second kappa shape index (κ2) is 11.0. The van der Waals surface area contributed by atoms with Crippen molar-refractivity contribution in [1.82, 2.24) is 4.90 Å². The van der Waals surface area contributed by atoms with Crippen molar-refractivity contribution in [2.24, 2.45) is 10.2 Å². The summed E-state index contributed by atoms with van der Waals surface area (Å²) in [6.45, 7) is 6.71. The highest BCUT2D eigenvalue weighted by Crippen LogP contribution is 2.40. The molecule has 1 aromatic heterocycles. The Kier molecular flexibility index (Phi) is 7.73. The van der Waals surface area contributed by atoms with Crippen molar-refractivity contribution in [3.63, 3.8) is 0 Å². The third-order valence-electron chi connectivity index (χ3n) is 5.71. The van der Waals surface area contributed by atoms with Gasteiger partial charge in [0.2, 0.25) is 5.75 Å². The van der Waals surface area contributed by atoms with E-state index in [1.165, 1.54) is 36.4 Å². The molecular weight excluding hydrogens is 490 g/mol. The molecule has 0 atom stereocenters. The molecule has 9 heteroatoms. The maximum absolute atomic E-state index is 13.3. The summed E-state index contributed by atoms with van der Waals surface area (Å²) in [5.41, 5.74) is 2.83. The van der Waals surface area contributed by atoms with Gasteiger partial charge in [0.05, 0.1) is 38.1 Å². The number of rotatable bonds is 7. The number of carbonyl (C=O) groups is 1. The van der Waals surface area contributed by atoms with E-state index in [-0.39, 0.29) is 35.1 Å². The number of amides is 1. The second-order valence-electron chi connectivity index (χ2n) is 9.35. The maximum Gasteiger partial charge on any atom is 0.267 e. The van der Waals surface area contributed by atoms with Crippen LogP contribution in [0.4, 0.5) is 0 Å². The molecule has 0 bridgehead atoms. The number of hydrogen-bond acceptors (Lipinski definition) is 8. The molecular formula is C28H29N3O5S. The van der Waals surface area contributed by atoms with Gasteiger partial charge >= 0.3 is 0 Å². The third-order valence-corrected chi connectivity index (χ3v) is 6.71. The summed E-state index contributed by atoms with van der Waals surface area (Å²) in [7, 11) is 2.90. The van der Waals surface area contributed by atoms with Crippen molar-refractivity contribution < 1.29 is 23.8 Å². The standard InChI is InChI=1S/C28H29N3O5S/c1-28(2,3)20-10-8-18(9-11-20)16-29-30-27-31(17-21-7-6-12-36-21)26(33)24(37-27)15-19-13-22(34-4)25(32)23(14-19)35-5/h6-16,32H,17H2,1-5H3/b24-15-,29-16-,30-27+. The van der Waals surface area contributed by atoms with Crippen LogP contribution in [0.25, 0.3) is 6.08 Å². The highest BCUT2D eigenvalue weighted by Gasteiger charge is 2.34. The van der Waals surface area contributed by atoms with Gasteiger partial charge in [0, 0.05) is 0 Å². The van der Waals surface area contributed by atoms with Gasteiger partial charge in [-0.15, -0.1) is 5.10 Å². The molecule has 1 aliphatic heterocycles. The van der Waals surface area contributed by atoms with E-state index in [1.54, 1.807) is 42.8 Å². The summed E-state index contributed by atoms with van der Waals surface area (Å²) in [6, 6.07) is 15.0. The predicted octanol–water partition coefficient (Wildman–Crippen LogP) is 5.81. The smallest absolute Gasteiger partial charge is 0.267 e. The number of methoxy groups -OCH3 is 2. The molecule has 1 aliphatic rings. The number of hydrogen-bond donors (Lipinski definition) is 1. The number of phenolic OH excluding ortho intramolecular Hbond substituents is 1. The summed E-state index contributed by atoms with van der Waals surface area (Å²) in [6.07, 6.45) is 4.92. The lowest BCUT2D eigenvalue weighted by Crippen LogP contribution is -2.28. The van der Waals surface area contributed by atoms with Crippen LogP contribution in [0.2, 0.25) is 0 Å². The number of thioether (sulfide) groups is 1. The molecule has 0 aliphatic carbocycles. The van der Waals surface area contributed by atoms with Gasteiger partial charge in [-0.25, -0.2) is 0 Å². The number of furan rings is 1. The van der Waals surface area contributed by atoms with Crippen molar-refractivity contribution >= 4 is 35.1 Å². The molecule has 1 N–H and O–H groups in total. The summed E-state index contributed by atoms with van der Waals surface area (Å²) in [5, 5.41) is 19.2. The van der Waals surface area contributed by atoms with Crippen LogP contribution in [0.3, 0.4) is 0 Å². The van der Waals surface area contributed by atoms with Crippen LogP contribution in [0.1, 0.15) is 43.2 Å². The van der Waals surface area contributed by atoms with Gasteiger partial charge in [0.25, 0.3) is 5.91 Å². The fraction of sp³-hybridized carbons (Fsp3) is 0.250. The lowest BCUT2D eigenvalue weighted by molar-refractivity contribution is -0.122. The monoisotopic (exact) mass is 519 g/mol. The number of amidine groups is 1. The first kappa shape index (κ1) is 26.1. The minimum absolute atomic E-state index is 0.0668. The van der Waals surface area contributed by atoms with E-state index in [2.05, 4.69) is 43.1 Å². The Bertz CT molecular complexity index is 1330. The highest BCUT2D eigenvalue weighted by atomic mass is 32.2. The predicted molar refractivity (Wildman–Crippen MR) is 146 cm³/mol. The van der Waals surface area contributed by atoms with E-state index in [4.69, 9.17) is 13.9 Å². The summed E-state index contributed by atoms with van der Waals surface area (Å²) >= 11 is 1.20. The summed E-state index contributed by atoms with van der Waals surface area (Å²) < 4.78 is 15.9. The first-order valence-corrected chi connectivity index (χ1v) is 12.4. The van der Waals surface area contributed by atoms with Gasteiger partial charge in [0.15, 0.2) is 16.7 Å². The average Bonchev–Trinajstić information content (AvgIpc) is 3.49. The molecule has 0 unspecified atom stereocenters. The average molecular weight is 520 g/mol. The van der Waals surface area contributed by atoms with E-state index >= 15 is 0 Å². The number of aromatic hydroxyl groups is 1. The number of nitrogens with zero attached hydrogens (tertiary/aromatic N) is 3. The topological polar surface area (TPSA) is 96.9 Å². The second-order valence-corrected chi connectivity index (χ2v) is 10.4. The highest BCUT2D eigenvalue weighted by molar-refractivity contribution is 8.18. The van der Waals surface area contributed by atoms with Crippen LogP contribution in [0.5, 0.6) is 17.2 Å². The number of phenols is 1. The lowest BCUT2D eigenvalue weighted by Gasteiger charge is -2.18. The first-order valence-electron chi connectivity index (χ1n) is 11.6. The van der Waals surface area contributed by atoms with Crippen molar-refractivity contribution in [1.29, 1.82) is 0 Å². The molecule has 2 heterocycles. The molecule has 1 amide bonds. The van der Waals surface area contributed by atoms with Crippen LogP contribution >= 0.6 is 11.8 Å². The molecule has 8 nitrogen and oxygen atoms in total. The van der Waals surface area contributed by atoms with E-state index in [0.717, 1.165) is 5.56 Å². The van der Waals surface area contributed by atoms with Gasteiger partial charge in [-0.2, -0.15) is 5.10 Å². The van der Waals surface area contributed by atoms with Gasteiger partial charge in [-0.3, -0.25) is 9.69 Å². The van der Waals surface area contributed by atoms with Crippen LogP contribution in [0.15, 0.2) is 74.3 Å². The quantitative estimate of drug-likeness (QED) is 0.241. The van der Waals surface area contributed by atoms with Gasteiger partial charge in [0.1, 0.15) is 5.76 Å². The Morgan fingerprint density at radius 2 is 1.73 bits per heavy atom. The van der Waals surface area contributed by atoms with E-state index in [9.17, 15) is 9.90 Å². The molecule has 0 saturated carbocycles. The Morgan fingerprint density at radius 1 is 1.05 bits per heavy atom. The number of benzene rings is 2. The Labute approximate surface area is 220 Å². The summed E-state index contributed by atoms with van der Waals surface area (Å²) in [5.74, 6) is 0.757. The molecule has 192 valence electrons. The zero-order valence-corrected chi connectivity index (χ0v) is 22.2. The zero-order valence-electron chi connectivity index (χ0n) is 21.4. The molecule has 2 aromatic carbocycles. The molecule has 37 heavy (non-hydrogen) atoms. The fourth-order valence-electron chi connectivity index (χ4n) is 3.64. The van der Waals surface area contributed by atoms with Crippen LogP contribution < -0.4 is 9.47 Å².